The van der Waals surface area contributed by atoms with Crippen molar-refractivity contribution in [2.45, 2.75) is 25.5 Å². The number of aliphatic hydroxyl groups excluding tert-OH is 1. The molecule has 0 radical (unpaired) electrons. The summed E-state index contributed by atoms with van der Waals surface area (Å²) in [5.74, 6) is 0. The highest BCUT2D eigenvalue weighted by atomic mass is 16.3. The number of aryl methyl sites for hydroxylation is 1. The Morgan fingerprint density at radius 2 is 2.33 bits per heavy atom. The molecule has 0 amide bonds. The van der Waals surface area contributed by atoms with Crippen LogP contribution in [0.25, 0.3) is 0 Å². The first kappa shape index (κ1) is 7.77. The predicted molar refractivity (Wildman–Crippen MR) is 47.6 cm³/mol. The Balaban J connectivity index is 2.41. The Labute approximate surface area is 72.0 Å². The highest BCUT2D eigenvalue weighted by Crippen LogP contribution is 2.31. The molecule has 1 unspecified atom stereocenters. The summed E-state index contributed by atoms with van der Waals surface area (Å²) >= 11 is 0. The van der Waals surface area contributed by atoms with Crippen molar-refractivity contribution in [3.05, 3.63) is 34.9 Å². The van der Waals surface area contributed by atoms with E-state index in [0.717, 1.165) is 24.0 Å². The lowest BCUT2D eigenvalue weighted by Crippen LogP contribution is -1.97. The van der Waals surface area contributed by atoms with Crippen LogP contribution < -0.4 is 5.73 Å². The van der Waals surface area contributed by atoms with Gasteiger partial charge in [0, 0.05) is 6.54 Å². The molecule has 1 atom stereocenters. The molecule has 2 heteroatoms. The summed E-state index contributed by atoms with van der Waals surface area (Å²) in [5.41, 5.74) is 9.03. The molecule has 0 fully saturated rings. The number of hydrogen-bond donors (Lipinski definition) is 2. The molecule has 12 heavy (non-hydrogen) atoms. The van der Waals surface area contributed by atoms with Crippen LogP contribution in [0.2, 0.25) is 0 Å². The molecule has 1 aliphatic rings. The highest BCUT2D eigenvalue weighted by Gasteiger charge is 2.19. The fourth-order valence-electron chi connectivity index (χ4n) is 1.78. The van der Waals surface area contributed by atoms with Gasteiger partial charge in [0.15, 0.2) is 0 Å². The van der Waals surface area contributed by atoms with Gasteiger partial charge in [0.1, 0.15) is 0 Å². The SMILES string of the molecule is NCc1ccc2c(c1)CCC2O. The molecule has 1 aliphatic carbocycles. The highest BCUT2D eigenvalue weighted by molar-refractivity contribution is 5.36. The summed E-state index contributed by atoms with van der Waals surface area (Å²) in [7, 11) is 0. The van der Waals surface area contributed by atoms with Crippen LogP contribution in [0.5, 0.6) is 0 Å². The van der Waals surface area contributed by atoms with Gasteiger partial charge >= 0.3 is 0 Å². The first-order valence-electron chi connectivity index (χ1n) is 4.31. The minimum Gasteiger partial charge on any atom is -0.388 e. The Hall–Kier alpha value is -0.860. The van der Waals surface area contributed by atoms with E-state index in [1.807, 2.05) is 12.1 Å². The molecule has 0 aromatic heterocycles. The molecular weight excluding hydrogens is 150 g/mol. The van der Waals surface area contributed by atoms with Crippen LogP contribution in [0.3, 0.4) is 0 Å². The minimum atomic E-state index is -0.244. The Morgan fingerprint density at radius 1 is 1.50 bits per heavy atom. The second-order valence-electron chi connectivity index (χ2n) is 3.29. The third-order valence-electron chi connectivity index (χ3n) is 2.49. The van der Waals surface area contributed by atoms with Crippen molar-refractivity contribution in [2.75, 3.05) is 0 Å². The van der Waals surface area contributed by atoms with Crippen LogP contribution in [-0.4, -0.2) is 5.11 Å². The van der Waals surface area contributed by atoms with E-state index in [0.29, 0.717) is 6.54 Å². The molecule has 1 aromatic rings. The van der Waals surface area contributed by atoms with Gasteiger partial charge in [-0.15, -0.1) is 0 Å². The maximum Gasteiger partial charge on any atom is 0.0795 e. The zero-order valence-electron chi connectivity index (χ0n) is 6.96. The standard InChI is InChI=1S/C10H13NO/c11-6-7-1-3-9-8(5-7)2-4-10(9)12/h1,3,5,10,12H,2,4,6,11H2. The Bertz CT molecular complexity index is 296. The zero-order valence-corrected chi connectivity index (χ0v) is 6.96. The molecule has 0 spiro atoms. The summed E-state index contributed by atoms with van der Waals surface area (Å²) in [6.07, 6.45) is 1.61. The monoisotopic (exact) mass is 163 g/mol. The number of benzene rings is 1. The van der Waals surface area contributed by atoms with E-state index >= 15 is 0 Å². The predicted octanol–water partition coefficient (Wildman–Crippen LogP) is 1.12. The number of nitrogens with two attached hydrogens (primary N) is 1. The Morgan fingerprint density at radius 3 is 3.08 bits per heavy atom. The number of fused-ring (bicyclic) bond motifs is 1. The Kier molecular flexibility index (Phi) is 1.87. The molecule has 2 rings (SSSR count). The van der Waals surface area contributed by atoms with E-state index in [1.54, 1.807) is 0 Å². The third kappa shape index (κ3) is 1.13. The van der Waals surface area contributed by atoms with E-state index in [2.05, 4.69) is 6.07 Å². The molecule has 0 aliphatic heterocycles. The quantitative estimate of drug-likeness (QED) is 0.651. The number of hydrogen-bond acceptors (Lipinski definition) is 2. The first-order chi connectivity index (χ1) is 5.81. The van der Waals surface area contributed by atoms with Gasteiger partial charge in [-0.3, -0.25) is 0 Å². The molecule has 0 saturated carbocycles. The van der Waals surface area contributed by atoms with Crippen LogP contribution in [0.1, 0.15) is 29.2 Å². The maximum atomic E-state index is 9.51. The summed E-state index contributed by atoms with van der Waals surface area (Å²) in [6.45, 7) is 0.587. The first-order valence-corrected chi connectivity index (χ1v) is 4.31. The normalized spacial score (nSPS) is 21.0. The molecule has 0 bridgehead atoms. The van der Waals surface area contributed by atoms with Crippen molar-refractivity contribution in [3.8, 4) is 0 Å². The second kappa shape index (κ2) is 2.88. The lowest BCUT2D eigenvalue weighted by Gasteiger charge is -2.04. The van der Waals surface area contributed by atoms with Crippen molar-refractivity contribution in [3.63, 3.8) is 0 Å². The number of aliphatic hydroxyl groups is 1. The van der Waals surface area contributed by atoms with Gasteiger partial charge < -0.3 is 10.8 Å². The summed E-state index contributed by atoms with van der Waals surface area (Å²) < 4.78 is 0. The van der Waals surface area contributed by atoms with Crippen molar-refractivity contribution in [2.24, 2.45) is 5.73 Å². The van der Waals surface area contributed by atoms with Gasteiger partial charge in [-0.1, -0.05) is 18.2 Å². The van der Waals surface area contributed by atoms with Gasteiger partial charge in [0.05, 0.1) is 6.10 Å². The zero-order chi connectivity index (χ0) is 8.55. The van der Waals surface area contributed by atoms with E-state index in [-0.39, 0.29) is 6.10 Å². The van der Waals surface area contributed by atoms with Gasteiger partial charge in [0.25, 0.3) is 0 Å². The van der Waals surface area contributed by atoms with Crippen molar-refractivity contribution < 1.29 is 5.11 Å². The second-order valence-corrected chi connectivity index (χ2v) is 3.29. The van der Waals surface area contributed by atoms with Gasteiger partial charge in [0.2, 0.25) is 0 Å². The average Bonchev–Trinajstić information content (AvgIpc) is 2.47. The van der Waals surface area contributed by atoms with E-state index in [9.17, 15) is 5.11 Å². The van der Waals surface area contributed by atoms with Crippen LogP contribution in [-0.2, 0) is 13.0 Å². The van der Waals surface area contributed by atoms with Crippen LogP contribution in [0.15, 0.2) is 18.2 Å². The summed E-state index contributed by atoms with van der Waals surface area (Å²) in [4.78, 5) is 0. The van der Waals surface area contributed by atoms with E-state index in [4.69, 9.17) is 5.73 Å². The van der Waals surface area contributed by atoms with Crippen LogP contribution in [0.4, 0.5) is 0 Å². The summed E-state index contributed by atoms with van der Waals surface area (Å²) in [6, 6.07) is 6.09. The lowest BCUT2D eigenvalue weighted by molar-refractivity contribution is 0.180. The lowest BCUT2D eigenvalue weighted by atomic mass is 10.1. The molecule has 0 saturated heterocycles. The molecular formula is C10H13NO. The van der Waals surface area contributed by atoms with Crippen molar-refractivity contribution >= 4 is 0 Å². The van der Waals surface area contributed by atoms with Gasteiger partial charge in [-0.05, 0) is 29.5 Å². The fraction of sp³-hybridized carbons (Fsp3) is 0.400. The van der Waals surface area contributed by atoms with Crippen LogP contribution in [0, 0.1) is 0 Å². The largest absolute Gasteiger partial charge is 0.388 e. The van der Waals surface area contributed by atoms with Crippen molar-refractivity contribution in [1.29, 1.82) is 0 Å². The average molecular weight is 163 g/mol. The fourth-order valence-corrected chi connectivity index (χ4v) is 1.78. The number of rotatable bonds is 1. The van der Waals surface area contributed by atoms with Gasteiger partial charge in [-0.2, -0.15) is 0 Å². The van der Waals surface area contributed by atoms with Crippen LogP contribution >= 0.6 is 0 Å². The molecule has 0 heterocycles. The van der Waals surface area contributed by atoms with E-state index in [1.165, 1.54) is 5.56 Å². The van der Waals surface area contributed by atoms with Crippen molar-refractivity contribution in [1.82, 2.24) is 0 Å². The molecule has 2 nitrogen and oxygen atoms in total. The van der Waals surface area contributed by atoms with E-state index < -0.39 is 0 Å². The molecule has 1 aromatic carbocycles. The third-order valence-corrected chi connectivity index (χ3v) is 2.49. The molecule has 64 valence electrons. The smallest absolute Gasteiger partial charge is 0.0795 e. The minimum absolute atomic E-state index is 0.244. The molecule has 3 N–H and O–H groups in total. The topological polar surface area (TPSA) is 46.2 Å². The summed E-state index contributed by atoms with van der Waals surface area (Å²) in [5, 5.41) is 9.51. The maximum absolute atomic E-state index is 9.51. The van der Waals surface area contributed by atoms with Gasteiger partial charge in [-0.25, -0.2) is 0 Å².